The molecule has 0 aromatic carbocycles. The van der Waals surface area contributed by atoms with Crippen LogP contribution in [-0.4, -0.2) is 29.3 Å². The predicted octanol–water partition coefficient (Wildman–Crippen LogP) is 6.54. The molecule has 0 spiro atoms. The molecular formula is C31H49NO3. The van der Waals surface area contributed by atoms with Gasteiger partial charge in [0.15, 0.2) is 0 Å². The van der Waals surface area contributed by atoms with Crippen LogP contribution < -0.4 is 5.32 Å². The van der Waals surface area contributed by atoms with Crippen LogP contribution in [0.3, 0.4) is 0 Å². The quantitative estimate of drug-likeness (QED) is 0.422. The maximum Gasteiger partial charge on any atom is 0.216 e. The lowest BCUT2D eigenvalue weighted by atomic mass is 9.47. The predicted molar refractivity (Wildman–Crippen MR) is 140 cm³/mol. The molecule has 1 heterocycles. The molecule has 3 fully saturated rings. The van der Waals surface area contributed by atoms with Crippen molar-refractivity contribution in [2.45, 2.75) is 117 Å². The molecule has 4 aliphatic carbocycles. The Kier molecular flexibility index (Phi) is 6.47. The van der Waals surface area contributed by atoms with Crippen LogP contribution in [0.4, 0.5) is 0 Å². The van der Waals surface area contributed by atoms with Crippen molar-refractivity contribution >= 4 is 5.91 Å². The molecule has 9 atom stereocenters. The van der Waals surface area contributed by atoms with Gasteiger partial charge in [-0.1, -0.05) is 39.3 Å². The van der Waals surface area contributed by atoms with Crippen molar-refractivity contribution in [2.24, 2.45) is 40.4 Å². The van der Waals surface area contributed by atoms with Crippen LogP contribution in [0.15, 0.2) is 23.0 Å². The number of carbonyl (C=O) groups is 1. The third-order valence-corrected chi connectivity index (χ3v) is 11.6. The number of amides is 1. The van der Waals surface area contributed by atoms with Crippen molar-refractivity contribution < 1.29 is 14.6 Å². The fourth-order valence-corrected chi connectivity index (χ4v) is 9.77. The summed E-state index contributed by atoms with van der Waals surface area (Å²) in [5.41, 5.74) is 3.68. The molecule has 196 valence electrons. The molecule has 5 aliphatic rings. The van der Waals surface area contributed by atoms with Crippen molar-refractivity contribution in [1.82, 2.24) is 5.32 Å². The highest BCUT2D eigenvalue weighted by Crippen LogP contribution is 2.72. The summed E-state index contributed by atoms with van der Waals surface area (Å²) in [6.45, 7) is 14.4. The minimum absolute atomic E-state index is 0.0255. The van der Waals surface area contributed by atoms with Crippen molar-refractivity contribution in [3.8, 4) is 0 Å². The monoisotopic (exact) mass is 483 g/mol. The second kappa shape index (κ2) is 8.92. The van der Waals surface area contributed by atoms with Crippen molar-refractivity contribution in [3.05, 3.63) is 23.0 Å². The first-order valence-corrected chi connectivity index (χ1v) is 14.5. The average Bonchev–Trinajstić information content (AvgIpc) is 3.25. The van der Waals surface area contributed by atoms with E-state index in [9.17, 15) is 9.90 Å². The molecule has 35 heavy (non-hydrogen) atoms. The number of allylic oxidation sites excluding steroid dienone is 2. The molecule has 2 N–H and O–H groups in total. The first kappa shape index (κ1) is 25.4. The summed E-state index contributed by atoms with van der Waals surface area (Å²) in [4.78, 5) is 11.3. The minimum Gasteiger partial charge on any atom is -0.491 e. The van der Waals surface area contributed by atoms with Crippen LogP contribution >= 0.6 is 0 Å². The van der Waals surface area contributed by atoms with Gasteiger partial charge in [-0.3, -0.25) is 4.79 Å². The Morgan fingerprint density at radius 1 is 1.26 bits per heavy atom. The molecule has 0 saturated heterocycles. The van der Waals surface area contributed by atoms with E-state index >= 15 is 0 Å². The van der Waals surface area contributed by atoms with Crippen LogP contribution in [-0.2, 0) is 9.53 Å². The zero-order valence-electron chi connectivity index (χ0n) is 23.1. The maximum absolute atomic E-state index is 11.3. The van der Waals surface area contributed by atoms with E-state index in [0.29, 0.717) is 22.7 Å². The Bertz CT molecular complexity index is 922. The Morgan fingerprint density at radius 2 is 2.03 bits per heavy atom. The number of hydrogen-bond acceptors (Lipinski definition) is 3. The molecule has 0 radical (unpaired) electrons. The Hall–Kier alpha value is -1.29. The topological polar surface area (TPSA) is 58.6 Å². The second-order valence-electron chi connectivity index (χ2n) is 13.5. The first-order valence-electron chi connectivity index (χ1n) is 14.5. The molecule has 0 aromatic heterocycles. The highest BCUT2D eigenvalue weighted by atomic mass is 16.5. The molecule has 4 heteroatoms. The zero-order chi connectivity index (χ0) is 25.2. The average molecular weight is 484 g/mol. The van der Waals surface area contributed by atoms with Crippen molar-refractivity contribution in [2.75, 3.05) is 6.54 Å². The normalized spacial score (nSPS) is 45.0. The number of aliphatic hydroxyl groups is 1. The molecular weight excluding hydrogens is 434 g/mol. The molecule has 1 amide bonds. The lowest BCUT2D eigenvalue weighted by Crippen LogP contribution is -2.50. The zero-order valence-corrected chi connectivity index (χ0v) is 23.1. The molecule has 5 rings (SSSR count). The summed E-state index contributed by atoms with van der Waals surface area (Å²) >= 11 is 0. The summed E-state index contributed by atoms with van der Waals surface area (Å²) in [6.07, 6.45) is 13.6. The SMILES string of the molecule is CC[C@]12C[C@H]3[C@@H]4CC=C5C[C@H](O)CC[C@]5(C)[C@H]4CC[C@]3(C)[C@H]1C(C)=C(CC[C@@H](C)CNC(C)=O)O2. The number of rotatable bonds is 6. The summed E-state index contributed by atoms with van der Waals surface area (Å²) in [5, 5.41) is 13.3. The minimum atomic E-state index is -0.130. The number of fused-ring (bicyclic) bond motifs is 7. The molecule has 0 unspecified atom stereocenters. The van der Waals surface area contributed by atoms with Crippen LogP contribution in [0.25, 0.3) is 0 Å². The number of aliphatic hydroxyl groups excluding tert-OH is 1. The van der Waals surface area contributed by atoms with Gasteiger partial charge in [0.25, 0.3) is 0 Å². The van der Waals surface area contributed by atoms with Gasteiger partial charge in [-0.15, -0.1) is 0 Å². The molecule has 1 aliphatic heterocycles. The Balaban J connectivity index is 1.37. The third-order valence-electron chi connectivity index (χ3n) is 11.6. The maximum atomic E-state index is 11.3. The number of nitrogens with one attached hydrogen (secondary N) is 1. The van der Waals surface area contributed by atoms with E-state index in [2.05, 4.69) is 46.0 Å². The largest absolute Gasteiger partial charge is 0.491 e. The van der Waals surface area contributed by atoms with Crippen LogP contribution in [0.5, 0.6) is 0 Å². The first-order chi connectivity index (χ1) is 16.5. The smallest absolute Gasteiger partial charge is 0.216 e. The van der Waals surface area contributed by atoms with Crippen molar-refractivity contribution in [1.29, 1.82) is 0 Å². The lowest BCUT2D eigenvalue weighted by Gasteiger charge is -2.57. The van der Waals surface area contributed by atoms with E-state index in [1.807, 2.05) is 0 Å². The van der Waals surface area contributed by atoms with Gasteiger partial charge in [-0.2, -0.15) is 0 Å². The second-order valence-corrected chi connectivity index (χ2v) is 13.5. The van der Waals surface area contributed by atoms with Crippen LogP contribution in [0.2, 0.25) is 0 Å². The molecule has 4 nitrogen and oxygen atoms in total. The van der Waals surface area contributed by atoms with E-state index in [0.717, 1.165) is 62.8 Å². The van der Waals surface area contributed by atoms with Gasteiger partial charge in [0.1, 0.15) is 5.60 Å². The third kappa shape index (κ3) is 3.92. The summed E-state index contributed by atoms with van der Waals surface area (Å²) in [6, 6.07) is 0. The number of carbonyl (C=O) groups excluding carboxylic acids is 1. The van der Waals surface area contributed by atoms with Crippen molar-refractivity contribution in [3.63, 3.8) is 0 Å². The Labute approximate surface area is 213 Å². The fraction of sp³-hybridized carbons (Fsp3) is 0.839. The van der Waals surface area contributed by atoms with Crippen LogP contribution in [0.1, 0.15) is 106 Å². The van der Waals surface area contributed by atoms with E-state index in [-0.39, 0.29) is 17.6 Å². The van der Waals surface area contributed by atoms with Gasteiger partial charge in [0.05, 0.1) is 11.9 Å². The highest BCUT2D eigenvalue weighted by Gasteiger charge is 2.68. The van der Waals surface area contributed by atoms with E-state index in [1.54, 1.807) is 12.5 Å². The van der Waals surface area contributed by atoms with Gasteiger partial charge >= 0.3 is 0 Å². The lowest BCUT2D eigenvalue weighted by molar-refractivity contribution is -0.119. The van der Waals surface area contributed by atoms with Crippen LogP contribution in [0, 0.1) is 40.4 Å². The fourth-order valence-electron chi connectivity index (χ4n) is 9.77. The summed E-state index contributed by atoms with van der Waals surface area (Å²) in [5.74, 6) is 4.55. The molecule has 0 bridgehead atoms. The van der Waals surface area contributed by atoms with E-state index in [1.165, 1.54) is 37.0 Å². The number of hydrogen-bond donors (Lipinski definition) is 2. The van der Waals surface area contributed by atoms with Gasteiger partial charge in [-0.05, 0) is 105 Å². The highest BCUT2D eigenvalue weighted by molar-refractivity contribution is 5.72. The van der Waals surface area contributed by atoms with Gasteiger partial charge in [0, 0.05) is 25.8 Å². The summed E-state index contributed by atoms with van der Waals surface area (Å²) in [7, 11) is 0. The Morgan fingerprint density at radius 3 is 2.74 bits per heavy atom. The molecule has 0 aromatic rings. The van der Waals surface area contributed by atoms with Gasteiger partial charge in [0.2, 0.25) is 5.91 Å². The molecule has 3 saturated carbocycles. The summed E-state index contributed by atoms with van der Waals surface area (Å²) < 4.78 is 7.04. The van der Waals surface area contributed by atoms with Gasteiger partial charge in [-0.25, -0.2) is 0 Å². The van der Waals surface area contributed by atoms with Gasteiger partial charge < -0.3 is 15.2 Å². The van der Waals surface area contributed by atoms with E-state index < -0.39 is 0 Å². The number of ether oxygens (including phenoxy) is 1. The standard InChI is InChI=1S/C31H49NO3/c1-7-31-17-26-24-10-9-22-16-23(34)12-14-29(22,5)25(24)13-15-30(26,6)28(31)20(3)27(35-31)11-8-19(2)18-32-21(4)33/h9,19,23-26,28,34H,7-8,10-18H2,1-6H3,(H,32,33)/t19-,23-,24-,25+,26+,28-,29+,30+,31+/m1/s1. The van der Waals surface area contributed by atoms with E-state index in [4.69, 9.17) is 4.74 Å².